The molecular formula is HCl2NaO3. The molecule has 0 bridgehead atoms. The molecule has 0 atom stereocenters. The molecule has 34 valence electrons. The topological polar surface area (TPSA) is 66.3 Å². The fourth-order valence-corrected chi connectivity index (χ4v) is 0. The standard InChI is InChI=1S/ClO2.ClHO.Na/c2-1-3;1-2;/h;2H;/q-1;;+1. The van der Waals surface area contributed by atoms with E-state index < -0.39 is 11.3 Å². The maximum Gasteiger partial charge on any atom is 1.00 e. The van der Waals surface area contributed by atoms with E-state index >= 15 is 0 Å². The molecule has 1 N–H and O–H groups in total. The number of rotatable bonds is 0. The number of hydrogen-bond acceptors (Lipinski definition) is 3. The van der Waals surface area contributed by atoms with Crippen LogP contribution in [0, 0.1) is 11.3 Å². The third-order valence-corrected chi connectivity index (χ3v) is 0. The Morgan fingerprint density at radius 1 is 1.33 bits per heavy atom. The second-order valence-corrected chi connectivity index (χ2v) is 0.189. The van der Waals surface area contributed by atoms with E-state index in [1.807, 2.05) is 0 Å². The summed E-state index contributed by atoms with van der Waals surface area (Å²) < 4.78 is 22.9. The Labute approximate surface area is 66.5 Å². The monoisotopic (exact) mass is 142 g/mol. The molecule has 0 aliphatic carbocycles. The van der Waals surface area contributed by atoms with Crippen molar-refractivity contribution in [1.82, 2.24) is 0 Å². The van der Waals surface area contributed by atoms with Crippen molar-refractivity contribution < 1.29 is 54.9 Å². The molecule has 3 nitrogen and oxygen atoms in total. The van der Waals surface area contributed by atoms with Crippen LogP contribution in [0.4, 0.5) is 0 Å². The predicted octanol–water partition coefficient (Wildman–Crippen LogP) is -5.24. The molecule has 0 aliphatic rings. The summed E-state index contributed by atoms with van der Waals surface area (Å²) in [4.78, 5) is 0. The van der Waals surface area contributed by atoms with Crippen LogP contribution in [0.25, 0.3) is 0 Å². The molecule has 0 aromatic rings. The molecule has 0 amide bonds. The first kappa shape index (κ1) is 15.7. The summed E-state index contributed by atoms with van der Waals surface area (Å²) in [5, 5.41) is 0. The van der Waals surface area contributed by atoms with Gasteiger partial charge in [-0.1, -0.05) is 0 Å². The van der Waals surface area contributed by atoms with Crippen LogP contribution in [0.3, 0.4) is 0 Å². The Bertz CT molecular complexity index is 8.75. The van der Waals surface area contributed by atoms with E-state index in [1.165, 1.54) is 0 Å². The normalized spacial score (nSPS) is 4.00. The number of hydrogen-bond donors (Lipinski definition) is 1. The quantitative estimate of drug-likeness (QED) is 0.344. The zero-order valence-electron chi connectivity index (χ0n) is 3.02. The molecule has 0 heterocycles. The zero-order valence-corrected chi connectivity index (χ0v) is 6.53. The summed E-state index contributed by atoms with van der Waals surface area (Å²) in [5.74, 6) is 0. The Hall–Kier alpha value is 1.46. The van der Waals surface area contributed by atoms with Gasteiger partial charge in [-0.15, -0.1) is 0 Å². The molecule has 0 saturated heterocycles. The van der Waals surface area contributed by atoms with Gasteiger partial charge in [-0.25, -0.2) is 0 Å². The zero-order chi connectivity index (χ0) is 4.71. The van der Waals surface area contributed by atoms with E-state index in [1.54, 1.807) is 0 Å². The van der Waals surface area contributed by atoms with Crippen LogP contribution in [0.2, 0.25) is 0 Å². The Morgan fingerprint density at radius 2 is 1.33 bits per heavy atom. The molecule has 0 radical (unpaired) electrons. The molecule has 0 saturated carbocycles. The minimum atomic E-state index is -0.417. The van der Waals surface area contributed by atoms with Crippen LogP contribution in [-0.2, 0) is 0 Å². The summed E-state index contributed by atoms with van der Waals surface area (Å²) >= 11 is 3.22. The average Bonchev–Trinajstić information content (AvgIpc) is 1.46. The van der Waals surface area contributed by atoms with Crippen molar-refractivity contribution in [3.05, 3.63) is 0 Å². The van der Waals surface area contributed by atoms with E-state index in [0.717, 1.165) is 0 Å². The second kappa shape index (κ2) is 31.8. The van der Waals surface area contributed by atoms with Crippen LogP contribution in [0.1, 0.15) is 0 Å². The van der Waals surface area contributed by atoms with Crippen molar-refractivity contribution in [2.24, 2.45) is 0 Å². The number of halogens is 2. The summed E-state index contributed by atoms with van der Waals surface area (Å²) in [6, 6.07) is 0. The van der Waals surface area contributed by atoms with Crippen molar-refractivity contribution in [2.75, 3.05) is 0 Å². The van der Waals surface area contributed by atoms with Crippen LogP contribution in [0.15, 0.2) is 0 Å². The smallest absolute Gasteiger partial charge is 0.544 e. The second-order valence-electron chi connectivity index (χ2n) is 0.0630. The van der Waals surface area contributed by atoms with Crippen molar-refractivity contribution in [3.63, 3.8) is 0 Å². The maximum absolute atomic E-state index is 8.24. The molecule has 6 heavy (non-hydrogen) atoms. The minimum absolute atomic E-state index is 0. The van der Waals surface area contributed by atoms with E-state index in [0.29, 0.717) is 0 Å². The van der Waals surface area contributed by atoms with Gasteiger partial charge in [-0.05, 0) is 0 Å². The average molecular weight is 143 g/mol. The van der Waals surface area contributed by atoms with Crippen molar-refractivity contribution >= 4 is 11.9 Å². The first-order valence-corrected chi connectivity index (χ1v) is 1.43. The summed E-state index contributed by atoms with van der Waals surface area (Å²) in [5.41, 5.74) is 0. The fraction of sp³-hybridized carbons (Fsp3) is 0. The van der Waals surface area contributed by atoms with Crippen molar-refractivity contribution in [2.45, 2.75) is 0 Å². The maximum atomic E-state index is 8.24. The fourth-order valence-electron chi connectivity index (χ4n) is 0. The third kappa shape index (κ3) is 51.0. The van der Waals surface area contributed by atoms with Crippen molar-refractivity contribution in [1.29, 1.82) is 0 Å². The summed E-state index contributed by atoms with van der Waals surface area (Å²) in [6.45, 7) is 0. The van der Waals surface area contributed by atoms with E-state index in [2.05, 4.69) is 11.9 Å². The molecule has 0 aliphatic heterocycles. The molecule has 0 rings (SSSR count). The van der Waals surface area contributed by atoms with Gasteiger partial charge in [-0.3, -0.25) is 4.66 Å². The Morgan fingerprint density at radius 3 is 1.33 bits per heavy atom. The van der Waals surface area contributed by atoms with Gasteiger partial charge >= 0.3 is 29.6 Å². The van der Waals surface area contributed by atoms with Crippen LogP contribution in [-0.4, -0.2) is 4.66 Å². The van der Waals surface area contributed by atoms with Crippen LogP contribution >= 0.6 is 11.9 Å². The van der Waals surface area contributed by atoms with E-state index in [9.17, 15) is 0 Å². The molecule has 0 aromatic heterocycles. The van der Waals surface area contributed by atoms with Gasteiger partial charge < -0.3 is 9.32 Å². The van der Waals surface area contributed by atoms with Gasteiger partial charge in [0, 0.05) is 0 Å². The van der Waals surface area contributed by atoms with Crippen LogP contribution < -0.4 is 38.9 Å². The van der Waals surface area contributed by atoms with Gasteiger partial charge in [0.25, 0.3) is 0 Å². The molecule has 0 unspecified atom stereocenters. The van der Waals surface area contributed by atoms with Gasteiger partial charge in [0.15, 0.2) is 0 Å². The summed E-state index contributed by atoms with van der Waals surface area (Å²) in [7, 11) is 0. The summed E-state index contributed by atoms with van der Waals surface area (Å²) in [6.07, 6.45) is 0. The van der Waals surface area contributed by atoms with E-state index in [4.69, 9.17) is 14.0 Å². The van der Waals surface area contributed by atoms with Crippen LogP contribution in [0.5, 0.6) is 0 Å². The Balaban J connectivity index is -0.0000000275. The first-order valence-electron chi connectivity index (χ1n) is 0.478. The molecule has 0 aromatic carbocycles. The van der Waals surface area contributed by atoms with Crippen molar-refractivity contribution in [3.8, 4) is 0 Å². The largest absolute Gasteiger partial charge is 1.00 e. The third-order valence-electron chi connectivity index (χ3n) is 0. The molecular weight excluding hydrogens is 142 g/mol. The van der Waals surface area contributed by atoms with Gasteiger partial charge in [0.2, 0.25) is 0 Å². The molecule has 0 fully saturated rings. The SMILES string of the molecule is OCl.[Na+].[O-][Cl+][O-]. The van der Waals surface area contributed by atoms with E-state index in [-0.39, 0.29) is 29.6 Å². The minimum Gasteiger partial charge on any atom is -0.544 e. The van der Waals surface area contributed by atoms with Gasteiger partial charge in [0.1, 0.15) is 0 Å². The van der Waals surface area contributed by atoms with Gasteiger partial charge in [-0.2, -0.15) is 0 Å². The molecule has 0 spiro atoms. The van der Waals surface area contributed by atoms with Gasteiger partial charge in [0.05, 0.1) is 23.2 Å². The predicted molar refractivity (Wildman–Crippen MR) is 8.07 cm³/mol. The first-order chi connectivity index (χ1) is 2.41. The Kier molecular flexibility index (Phi) is 83.0. The molecule has 6 heteroatoms.